The van der Waals surface area contributed by atoms with Crippen molar-refractivity contribution < 1.29 is 22.9 Å². The molecular weight excluding hydrogens is 436 g/mol. The van der Waals surface area contributed by atoms with E-state index >= 15 is 0 Å². The van der Waals surface area contributed by atoms with E-state index in [9.17, 15) is 13.6 Å². The average molecular weight is 455 g/mol. The second-order valence-corrected chi connectivity index (χ2v) is 7.00. The largest absolute Gasteiger partial charge is 0.364 e. The average Bonchev–Trinajstić information content (AvgIpc) is 3.46. The Morgan fingerprint density at radius 2 is 2.03 bits per heavy atom. The third-order valence-electron chi connectivity index (χ3n) is 4.67. The van der Waals surface area contributed by atoms with Crippen molar-refractivity contribution in [1.82, 2.24) is 30.4 Å². The summed E-state index contributed by atoms with van der Waals surface area (Å²) in [7, 11) is 2.80. The molecule has 0 spiro atoms. The number of hydrogen-bond donors (Lipinski definition) is 1. The Hall–Kier alpha value is -4.19. The number of halogens is 2. The summed E-state index contributed by atoms with van der Waals surface area (Å²) in [6.07, 6.45) is 2.40. The molecule has 10 nitrogen and oxygen atoms in total. The number of carbonyl (C=O) groups excluding carboxylic acids is 1. The molecular formula is C21H19F2N7O3. The number of nitrogens with zero attached hydrogens (tertiary/aromatic N) is 6. The van der Waals surface area contributed by atoms with Gasteiger partial charge in [-0.2, -0.15) is 5.10 Å². The molecule has 0 aliphatic heterocycles. The van der Waals surface area contributed by atoms with Gasteiger partial charge in [-0.3, -0.25) is 14.3 Å². The van der Waals surface area contributed by atoms with Gasteiger partial charge in [0.1, 0.15) is 30.0 Å². The molecule has 3 heterocycles. The molecule has 0 atom stereocenters. The summed E-state index contributed by atoms with van der Waals surface area (Å²) in [6.45, 7) is -0.0901. The summed E-state index contributed by atoms with van der Waals surface area (Å²) < 4.78 is 35.1. The summed E-state index contributed by atoms with van der Waals surface area (Å²) in [5, 5.41) is 8.43. The third kappa shape index (κ3) is 4.85. The summed E-state index contributed by atoms with van der Waals surface area (Å²) >= 11 is 0. The van der Waals surface area contributed by atoms with Crippen molar-refractivity contribution >= 4 is 11.7 Å². The smallest absolute Gasteiger partial charge is 0.263 e. The van der Waals surface area contributed by atoms with Gasteiger partial charge in [-0.15, -0.1) is 0 Å². The van der Waals surface area contributed by atoms with Crippen LogP contribution in [0.15, 0.2) is 53.4 Å². The molecule has 33 heavy (non-hydrogen) atoms. The first kappa shape index (κ1) is 22.0. The second-order valence-electron chi connectivity index (χ2n) is 7.00. The first-order valence-corrected chi connectivity index (χ1v) is 9.74. The van der Waals surface area contributed by atoms with Gasteiger partial charge in [0.2, 0.25) is 0 Å². The molecule has 3 aromatic heterocycles. The van der Waals surface area contributed by atoms with Gasteiger partial charge < -0.3 is 9.42 Å². The molecule has 0 saturated heterocycles. The van der Waals surface area contributed by atoms with Crippen LogP contribution in [0.2, 0.25) is 0 Å². The van der Waals surface area contributed by atoms with Crippen LogP contribution in [-0.2, 0) is 16.2 Å². The Balaban J connectivity index is 1.71. The van der Waals surface area contributed by atoms with Crippen molar-refractivity contribution in [2.45, 2.75) is 6.54 Å². The summed E-state index contributed by atoms with van der Waals surface area (Å²) in [5.74, 6) is -1.56. The number of hydrogen-bond acceptors (Lipinski definition) is 8. The van der Waals surface area contributed by atoms with Gasteiger partial charge in [-0.1, -0.05) is 23.4 Å². The SMILES string of the molecule is CONC(=O)CN(C)c1nc(-c2cc(-c3ccon3)n(Cc3ccccc3F)n2)ncc1F. The number of carbonyl (C=O) groups is 1. The normalized spacial score (nSPS) is 10.9. The number of likely N-dealkylation sites (N-methyl/N-ethyl adjacent to an activating group) is 1. The van der Waals surface area contributed by atoms with Crippen molar-refractivity contribution in [2.24, 2.45) is 0 Å². The lowest BCUT2D eigenvalue weighted by molar-refractivity contribution is -0.129. The predicted octanol–water partition coefficient (Wildman–Crippen LogP) is 2.44. The van der Waals surface area contributed by atoms with Gasteiger partial charge in [0.25, 0.3) is 5.91 Å². The fraction of sp³-hybridized carbons (Fsp3) is 0.190. The maximum absolute atomic E-state index is 14.4. The van der Waals surface area contributed by atoms with Crippen LogP contribution in [0.5, 0.6) is 0 Å². The van der Waals surface area contributed by atoms with Crippen molar-refractivity contribution in [3.63, 3.8) is 0 Å². The minimum absolute atomic E-state index is 0.0992. The van der Waals surface area contributed by atoms with E-state index in [2.05, 4.69) is 30.5 Å². The molecule has 12 heteroatoms. The van der Waals surface area contributed by atoms with Crippen molar-refractivity contribution in [3.05, 3.63) is 66.1 Å². The van der Waals surface area contributed by atoms with E-state index < -0.39 is 11.7 Å². The van der Waals surface area contributed by atoms with E-state index in [0.717, 1.165) is 6.20 Å². The van der Waals surface area contributed by atoms with Crippen LogP contribution in [0.1, 0.15) is 5.56 Å². The first-order valence-electron chi connectivity index (χ1n) is 9.74. The number of nitrogens with one attached hydrogen (secondary N) is 1. The third-order valence-corrected chi connectivity index (χ3v) is 4.67. The van der Waals surface area contributed by atoms with Crippen LogP contribution in [0, 0.1) is 11.6 Å². The number of anilines is 1. The van der Waals surface area contributed by atoms with Crippen LogP contribution in [0.4, 0.5) is 14.6 Å². The molecule has 0 fully saturated rings. The van der Waals surface area contributed by atoms with E-state index in [0.29, 0.717) is 22.6 Å². The molecule has 0 bridgehead atoms. The number of aromatic nitrogens is 5. The Morgan fingerprint density at radius 3 is 2.76 bits per heavy atom. The topological polar surface area (TPSA) is 111 Å². The lowest BCUT2D eigenvalue weighted by atomic mass is 10.2. The molecule has 4 rings (SSSR count). The highest BCUT2D eigenvalue weighted by molar-refractivity contribution is 5.80. The zero-order valence-corrected chi connectivity index (χ0v) is 17.7. The molecule has 170 valence electrons. The molecule has 0 aliphatic rings. The van der Waals surface area contributed by atoms with Crippen molar-refractivity contribution in [2.75, 3.05) is 25.6 Å². The zero-order valence-electron chi connectivity index (χ0n) is 17.7. The van der Waals surface area contributed by atoms with Crippen LogP contribution in [0.3, 0.4) is 0 Å². The van der Waals surface area contributed by atoms with Crippen LogP contribution >= 0.6 is 0 Å². The first-order chi connectivity index (χ1) is 16.0. The number of benzene rings is 1. The molecule has 0 radical (unpaired) electrons. The lowest BCUT2D eigenvalue weighted by Crippen LogP contribution is -2.35. The van der Waals surface area contributed by atoms with E-state index in [1.165, 1.54) is 36.1 Å². The molecule has 0 aliphatic carbocycles. The van der Waals surface area contributed by atoms with E-state index in [-0.39, 0.29) is 30.5 Å². The van der Waals surface area contributed by atoms with Crippen molar-refractivity contribution in [1.29, 1.82) is 0 Å². The minimum atomic E-state index is -0.714. The molecule has 0 unspecified atom stereocenters. The molecule has 1 aromatic carbocycles. The second kappa shape index (κ2) is 9.53. The minimum Gasteiger partial charge on any atom is -0.364 e. The highest BCUT2D eigenvalue weighted by Crippen LogP contribution is 2.26. The summed E-state index contributed by atoms with van der Waals surface area (Å²) in [5.41, 5.74) is 3.89. The maximum atomic E-state index is 14.4. The molecule has 1 amide bonds. The maximum Gasteiger partial charge on any atom is 0.263 e. The fourth-order valence-corrected chi connectivity index (χ4v) is 3.17. The Morgan fingerprint density at radius 1 is 1.21 bits per heavy atom. The molecule has 0 saturated carbocycles. The van der Waals surface area contributed by atoms with Gasteiger partial charge in [0.15, 0.2) is 17.5 Å². The van der Waals surface area contributed by atoms with Gasteiger partial charge >= 0.3 is 0 Å². The number of rotatable bonds is 8. The quantitative estimate of drug-likeness (QED) is 0.404. The fourth-order valence-electron chi connectivity index (χ4n) is 3.17. The summed E-state index contributed by atoms with van der Waals surface area (Å²) in [6, 6.07) is 9.62. The van der Waals surface area contributed by atoms with Crippen LogP contribution in [-0.4, -0.2) is 51.5 Å². The Labute approximate surface area is 186 Å². The number of amides is 1. The van der Waals surface area contributed by atoms with E-state index in [4.69, 9.17) is 4.52 Å². The predicted molar refractivity (Wildman–Crippen MR) is 113 cm³/mol. The zero-order chi connectivity index (χ0) is 23.4. The highest BCUT2D eigenvalue weighted by Gasteiger charge is 2.20. The van der Waals surface area contributed by atoms with E-state index in [1.807, 2.05) is 0 Å². The summed E-state index contributed by atoms with van der Waals surface area (Å²) in [4.78, 5) is 25.9. The standard InChI is InChI=1S/C21H19F2N7O3/c1-29(12-19(31)28-32-2)21-15(23)10-24-20(25-21)17-9-18(16-7-8-33-27-16)30(26-17)11-13-5-3-4-6-14(13)22/h3-10H,11-12H2,1-2H3,(H,28,31). The van der Waals surface area contributed by atoms with Gasteiger partial charge in [0.05, 0.1) is 25.5 Å². The van der Waals surface area contributed by atoms with Gasteiger partial charge in [-0.25, -0.2) is 24.2 Å². The lowest BCUT2D eigenvalue weighted by Gasteiger charge is -2.17. The molecule has 4 aromatic rings. The van der Waals surface area contributed by atoms with Crippen LogP contribution in [0.25, 0.3) is 22.9 Å². The monoisotopic (exact) mass is 455 g/mol. The number of hydroxylamine groups is 1. The van der Waals surface area contributed by atoms with E-state index in [1.54, 1.807) is 30.3 Å². The Bertz CT molecular complexity index is 1260. The van der Waals surface area contributed by atoms with Crippen molar-refractivity contribution in [3.8, 4) is 22.9 Å². The molecule has 1 N–H and O–H groups in total. The Kier molecular flexibility index (Phi) is 6.36. The van der Waals surface area contributed by atoms with Crippen LogP contribution < -0.4 is 10.4 Å². The highest BCUT2D eigenvalue weighted by atomic mass is 19.1. The van der Waals surface area contributed by atoms with Gasteiger partial charge in [-0.05, 0) is 12.1 Å². The van der Waals surface area contributed by atoms with Gasteiger partial charge in [0, 0.05) is 18.7 Å².